The van der Waals surface area contributed by atoms with Gasteiger partial charge in [-0.25, -0.2) is 0 Å². The lowest BCUT2D eigenvalue weighted by atomic mass is 10.1. The van der Waals surface area contributed by atoms with Crippen LogP contribution in [0.15, 0.2) is 30.3 Å². The second kappa shape index (κ2) is 7.86. The molecule has 102 valence electrons. The van der Waals surface area contributed by atoms with Crippen molar-refractivity contribution in [3.8, 4) is 0 Å². The quantitative estimate of drug-likeness (QED) is 0.642. The Hall–Kier alpha value is -2.37. The summed E-state index contributed by atoms with van der Waals surface area (Å²) < 4.78 is 0. The highest BCUT2D eigenvalue weighted by atomic mass is 16.4. The van der Waals surface area contributed by atoms with Gasteiger partial charge in [0, 0.05) is 6.42 Å². The van der Waals surface area contributed by atoms with Gasteiger partial charge in [0.1, 0.15) is 6.54 Å². The van der Waals surface area contributed by atoms with Crippen LogP contribution in [-0.4, -0.2) is 36.0 Å². The average Bonchev–Trinajstić information content (AvgIpc) is 2.41. The predicted octanol–water partition coefficient (Wildman–Crippen LogP) is -0.0638. The lowest BCUT2D eigenvalue weighted by molar-refractivity contribution is -0.137. The average molecular weight is 264 g/mol. The van der Waals surface area contributed by atoms with Gasteiger partial charge < -0.3 is 15.7 Å². The third kappa shape index (κ3) is 6.82. The Kier molecular flexibility index (Phi) is 6.08. The van der Waals surface area contributed by atoms with Gasteiger partial charge in [-0.15, -0.1) is 0 Å². The van der Waals surface area contributed by atoms with Crippen LogP contribution in [0.1, 0.15) is 12.0 Å². The molecule has 0 aliphatic carbocycles. The number of carboxylic acids is 1. The normalized spacial score (nSPS) is 9.68. The van der Waals surface area contributed by atoms with Crippen molar-refractivity contribution < 1.29 is 19.5 Å². The monoisotopic (exact) mass is 264 g/mol. The highest BCUT2D eigenvalue weighted by Gasteiger charge is 2.06. The zero-order chi connectivity index (χ0) is 14.1. The SMILES string of the molecule is O=C(O)CNC(=O)CNC(=O)CCc1ccccc1. The van der Waals surface area contributed by atoms with E-state index in [-0.39, 0.29) is 18.9 Å². The Balaban J connectivity index is 2.17. The van der Waals surface area contributed by atoms with E-state index in [2.05, 4.69) is 10.6 Å². The van der Waals surface area contributed by atoms with Crippen LogP contribution in [0.25, 0.3) is 0 Å². The van der Waals surface area contributed by atoms with Gasteiger partial charge in [0.25, 0.3) is 0 Å². The summed E-state index contributed by atoms with van der Waals surface area (Å²) in [5.41, 5.74) is 1.05. The molecule has 0 spiro atoms. The van der Waals surface area contributed by atoms with Crippen molar-refractivity contribution in [1.82, 2.24) is 10.6 Å². The van der Waals surface area contributed by atoms with Gasteiger partial charge in [0.15, 0.2) is 0 Å². The molecule has 0 aliphatic rings. The third-order valence-electron chi connectivity index (χ3n) is 2.37. The fourth-order valence-electron chi connectivity index (χ4n) is 1.41. The van der Waals surface area contributed by atoms with Crippen molar-refractivity contribution in [1.29, 1.82) is 0 Å². The largest absolute Gasteiger partial charge is 0.480 e. The van der Waals surface area contributed by atoms with E-state index in [4.69, 9.17) is 5.11 Å². The minimum absolute atomic E-state index is 0.207. The van der Waals surface area contributed by atoms with E-state index >= 15 is 0 Å². The molecule has 6 nitrogen and oxygen atoms in total. The van der Waals surface area contributed by atoms with E-state index in [0.29, 0.717) is 6.42 Å². The Morgan fingerprint density at radius 1 is 0.947 bits per heavy atom. The Morgan fingerprint density at radius 3 is 2.21 bits per heavy atom. The number of carbonyl (C=O) groups is 3. The summed E-state index contributed by atoms with van der Waals surface area (Å²) in [7, 11) is 0. The Labute approximate surface area is 110 Å². The molecule has 1 aromatic rings. The first kappa shape index (κ1) is 14.7. The fourth-order valence-corrected chi connectivity index (χ4v) is 1.41. The second-order valence-electron chi connectivity index (χ2n) is 3.93. The number of aryl methyl sites for hydroxylation is 1. The third-order valence-corrected chi connectivity index (χ3v) is 2.37. The highest BCUT2D eigenvalue weighted by Crippen LogP contribution is 2.01. The number of aliphatic carboxylic acids is 1. The van der Waals surface area contributed by atoms with E-state index in [9.17, 15) is 14.4 Å². The highest BCUT2D eigenvalue weighted by molar-refractivity contribution is 5.86. The predicted molar refractivity (Wildman–Crippen MR) is 68.4 cm³/mol. The topological polar surface area (TPSA) is 95.5 Å². The molecule has 0 radical (unpaired) electrons. The molecule has 0 unspecified atom stereocenters. The smallest absolute Gasteiger partial charge is 0.322 e. The van der Waals surface area contributed by atoms with E-state index in [1.165, 1.54) is 0 Å². The molecule has 0 saturated carbocycles. The first-order valence-electron chi connectivity index (χ1n) is 5.87. The Bertz CT molecular complexity index is 445. The molecule has 0 fully saturated rings. The van der Waals surface area contributed by atoms with Crippen molar-refractivity contribution in [2.45, 2.75) is 12.8 Å². The molecule has 6 heteroatoms. The molecule has 19 heavy (non-hydrogen) atoms. The van der Waals surface area contributed by atoms with Crippen LogP contribution in [0.4, 0.5) is 0 Å². The summed E-state index contributed by atoms with van der Waals surface area (Å²) in [6.45, 7) is -0.653. The van der Waals surface area contributed by atoms with Gasteiger partial charge >= 0.3 is 5.97 Å². The second-order valence-corrected chi connectivity index (χ2v) is 3.93. The van der Waals surface area contributed by atoms with Gasteiger partial charge in [-0.1, -0.05) is 30.3 Å². The molecule has 0 aromatic heterocycles. The van der Waals surface area contributed by atoms with Crippen LogP contribution >= 0.6 is 0 Å². The van der Waals surface area contributed by atoms with Gasteiger partial charge in [-0.05, 0) is 12.0 Å². The molecule has 0 atom stereocenters. The number of carbonyl (C=O) groups excluding carboxylic acids is 2. The van der Waals surface area contributed by atoms with E-state index in [1.54, 1.807) is 0 Å². The van der Waals surface area contributed by atoms with Gasteiger partial charge in [0.05, 0.1) is 6.54 Å². The zero-order valence-electron chi connectivity index (χ0n) is 10.4. The van der Waals surface area contributed by atoms with Crippen LogP contribution in [0, 0.1) is 0 Å². The molecular weight excluding hydrogens is 248 g/mol. The van der Waals surface area contributed by atoms with Crippen LogP contribution in [0.5, 0.6) is 0 Å². The number of rotatable bonds is 7. The molecule has 2 amide bonds. The number of nitrogens with one attached hydrogen (secondary N) is 2. The molecule has 1 rings (SSSR count). The van der Waals surface area contributed by atoms with Gasteiger partial charge in [0.2, 0.25) is 11.8 Å². The summed E-state index contributed by atoms with van der Waals surface area (Å²) in [4.78, 5) is 32.8. The van der Waals surface area contributed by atoms with Crippen LogP contribution in [-0.2, 0) is 20.8 Å². The van der Waals surface area contributed by atoms with Crippen LogP contribution in [0.3, 0.4) is 0 Å². The van der Waals surface area contributed by atoms with Crippen molar-refractivity contribution in [2.75, 3.05) is 13.1 Å². The summed E-state index contributed by atoms with van der Waals surface area (Å²) in [6, 6.07) is 9.54. The maximum absolute atomic E-state index is 11.5. The van der Waals surface area contributed by atoms with E-state index in [0.717, 1.165) is 5.56 Å². The summed E-state index contributed by atoms with van der Waals surface area (Å²) in [5.74, 6) is -1.88. The summed E-state index contributed by atoms with van der Waals surface area (Å²) >= 11 is 0. The number of carboxylic acid groups (broad SMARTS) is 1. The number of benzene rings is 1. The van der Waals surface area contributed by atoms with E-state index in [1.807, 2.05) is 30.3 Å². The van der Waals surface area contributed by atoms with Crippen molar-refractivity contribution in [2.24, 2.45) is 0 Å². The minimum Gasteiger partial charge on any atom is -0.480 e. The fraction of sp³-hybridized carbons (Fsp3) is 0.308. The van der Waals surface area contributed by atoms with E-state index < -0.39 is 18.4 Å². The van der Waals surface area contributed by atoms with Crippen LogP contribution in [0.2, 0.25) is 0 Å². The molecule has 0 heterocycles. The lowest BCUT2D eigenvalue weighted by Crippen LogP contribution is -2.39. The lowest BCUT2D eigenvalue weighted by Gasteiger charge is -2.05. The first-order valence-corrected chi connectivity index (χ1v) is 5.87. The standard InChI is InChI=1S/C13H16N2O4/c16-11(7-6-10-4-2-1-3-5-10)14-8-12(17)15-9-13(18)19/h1-5H,6-9H2,(H,14,16)(H,15,17)(H,18,19). The van der Waals surface area contributed by atoms with Gasteiger partial charge in [-0.2, -0.15) is 0 Å². The van der Waals surface area contributed by atoms with Crippen molar-refractivity contribution in [3.63, 3.8) is 0 Å². The molecule has 0 aliphatic heterocycles. The molecular formula is C13H16N2O4. The van der Waals surface area contributed by atoms with Crippen LogP contribution < -0.4 is 10.6 Å². The zero-order valence-corrected chi connectivity index (χ0v) is 10.4. The maximum atomic E-state index is 11.5. The van der Waals surface area contributed by atoms with Gasteiger partial charge in [-0.3, -0.25) is 14.4 Å². The van der Waals surface area contributed by atoms with Crippen molar-refractivity contribution >= 4 is 17.8 Å². The minimum atomic E-state index is -1.12. The number of amides is 2. The maximum Gasteiger partial charge on any atom is 0.322 e. The molecule has 0 bridgehead atoms. The first-order chi connectivity index (χ1) is 9.08. The summed E-state index contributed by atoms with van der Waals surface area (Å²) in [6.07, 6.45) is 0.889. The molecule has 0 saturated heterocycles. The summed E-state index contributed by atoms with van der Waals surface area (Å²) in [5, 5.41) is 12.9. The van der Waals surface area contributed by atoms with Crippen molar-refractivity contribution in [3.05, 3.63) is 35.9 Å². The number of hydrogen-bond donors (Lipinski definition) is 3. The Morgan fingerprint density at radius 2 is 1.58 bits per heavy atom. The number of hydrogen-bond acceptors (Lipinski definition) is 3. The molecule has 3 N–H and O–H groups in total. The molecule has 1 aromatic carbocycles.